The third-order valence-electron chi connectivity index (χ3n) is 10.6. The van der Waals surface area contributed by atoms with Crippen molar-refractivity contribution in [3.63, 3.8) is 0 Å². The Balaban J connectivity index is 0.000000183. The van der Waals surface area contributed by atoms with Crippen LogP contribution >= 0.6 is 11.6 Å². The van der Waals surface area contributed by atoms with Crippen LogP contribution in [0.2, 0.25) is 5.28 Å². The number of benzene rings is 2. The smallest absolute Gasteiger partial charge is 0.368 e. The molecule has 0 unspecified atom stereocenters. The number of aromatic nitrogens is 12. The highest BCUT2D eigenvalue weighted by Crippen LogP contribution is 2.32. The number of nitrogen functional groups attached to an aromatic ring is 1. The van der Waals surface area contributed by atoms with Gasteiger partial charge >= 0.3 is 11.4 Å². The monoisotopic (exact) mass is 954 g/mol. The number of nitrogens with one attached hydrogen (secondary N) is 5. The van der Waals surface area contributed by atoms with Crippen LogP contribution in [0.15, 0.2) is 58.4 Å². The highest BCUT2D eigenvalue weighted by Gasteiger charge is 2.39. The van der Waals surface area contributed by atoms with E-state index in [-0.39, 0.29) is 68.5 Å². The van der Waals surface area contributed by atoms with Gasteiger partial charge in [0, 0.05) is 48.3 Å². The molecule has 360 valence electrons. The highest BCUT2D eigenvalue weighted by atomic mass is 35.5. The van der Waals surface area contributed by atoms with Crippen molar-refractivity contribution in [1.29, 1.82) is 0 Å². The number of tetrazole rings is 2. The van der Waals surface area contributed by atoms with Crippen molar-refractivity contribution < 1.29 is 17.6 Å². The first-order valence-electron chi connectivity index (χ1n) is 21.1. The number of hydrogen-bond donors (Lipinski definition) is 6. The quantitative estimate of drug-likeness (QED) is 0.0655. The van der Waals surface area contributed by atoms with Crippen LogP contribution in [0.3, 0.4) is 0 Å². The summed E-state index contributed by atoms with van der Waals surface area (Å²) in [4.78, 5) is 39.2. The lowest BCUT2D eigenvalue weighted by Gasteiger charge is -2.46. The maximum Gasteiger partial charge on any atom is 0.368 e. The van der Waals surface area contributed by atoms with E-state index in [1.54, 1.807) is 0 Å². The maximum atomic E-state index is 14.5. The molecule has 2 aliphatic heterocycles. The normalized spacial score (nSPS) is 17.4. The number of nitrogens with zero attached hydrogens (tertiary/aromatic N) is 12. The molecule has 20 nitrogen and oxygen atoms in total. The van der Waals surface area contributed by atoms with Crippen molar-refractivity contribution in [3.05, 3.63) is 98.3 Å². The summed E-state index contributed by atoms with van der Waals surface area (Å²) in [6.45, 7) is 17.0. The fourth-order valence-electron chi connectivity index (χ4n) is 8.69. The van der Waals surface area contributed by atoms with E-state index < -0.39 is 34.6 Å². The first-order valence-corrected chi connectivity index (χ1v) is 21.5. The summed E-state index contributed by atoms with van der Waals surface area (Å²) in [6, 6.07) is 7.99. The van der Waals surface area contributed by atoms with E-state index in [9.17, 15) is 27.2 Å². The number of aryl methyl sites for hydroxylation is 2. The van der Waals surface area contributed by atoms with E-state index in [2.05, 4.69) is 123 Å². The molecule has 0 amide bonds. The third-order valence-corrected chi connectivity index (χ3v) is 10.8. The fourth-order valence-corrected chi connectivity index (χ4v) is 8.82. The summed E-state index contributed by atoms with van der Waals surface area (Å²) < 4.78 is 59.7. The van der Waals surface area contributed by atoms with Crippen LogP contribution in [-0.4, -0.2) is 93.8 Å². The van der Waals surface area contributed by atoms with Gasteiger partial charge in [0.2, 0.25) is 11.2 Å². The second-order valence-electron chi connectivity index (χ2n) is 19.1. The van der Waals surface area contributed by atoms with Gasteiger partial charge in [0.1, 0.15) is 11.6 Å². The highest BCUT2D eigenvalue weighted by molar-refractivity contribution is 6.28. The Morgan fingerprint density at radius 2 is 1.06 bits per heavy atom. The number of anilines is 5. The van der Waals surface area contributed by atoms with Crippen molar-refractivity contribution in [1.82, 2.24) is 70.2 Å². The van der Waals surface area contributed by atoms with Crippen molar-refractivity contribution in [2.45, 2.75) is 115 Å². The molecular formula is C42H55ClF4N18O2. The van der Waals surface area contributed by atoms with Crippen LogP contribution in [0.5, 0.6) is 0 Å². The van der Waals surface area contributed by atoms with Gasteiger partial charge in [-0.2, -0.15) is 28.7 Å². The first kappa shape index (κ1) is 49.9. The van der Waals surface area contributed by atoms with Gasteiger partial charge < -0.3 is 32.3 Å². The van der Waals surface area contributed by atoms with Crippen LogP contribution in [0.25, 0.3) is 11.4 Å². The zero-order chi connectivity index (χ0) is 49.2. The van der Waals surface area contributed by atoms with Gasteiger partial charge in [-0.05, 0) is 150 Å². The molecule has 0 spiro atoms. The molecule has 6 aromatic rings. The minimum absolute atomic E-state index is 0.00624. The molecule has 2 aliphatic rings. The van der Waals surface area contributed by atoms with Crippen molar-refractivity contribution >= 4 is 40.6 Å². The third kappa shape index (κ3) is 12.9. The Morgan fingerprint density at radius 3 is 1.51 bits per heavy atom. The Hall–Kier alpha value is -6.53. The molecule has 7 N–H and O–H groups in total. The van der Waals surface area contributed by atoms with E-state index in [0.717, 1.165) is 56.8 Å². The maximum absolute atomic E-state index is 14.5. The fraction of sp³-hybridized carbons (Fsp3) is 0.476. The minimum atomic E-state index is -0.602. The average molecular weight is 955 g/mol. The summed E-state index contributed by atoms with van der Waals surface area (Å²) in [5.74, 6) is -1.98. The van der Waals surface area contributed by atoms with E-state index in [1.165, 1.54) is 50.5 Å². The van der Waals surface area contributed by atoms with E-state index in [0.29, 0.717) is 11.4 Å². The summed E-state index contributed by atoms with van der Waals surface area (Å²) in [6.07, 6.45) is 5.44. The molecule has 2 saturated heterocycles. The summed E-state index contributed by atoms with van der Waals surface area (Å²) in [5, 5.41) is 30.8. The zero-order valence-corrected chi connectivity index (χ0v) is 39.5. The average Bonchev–Trinajstić information content (AvgIpc) is 3.72. The van der Waals surface area contributed by atoms with Gasteiger partial charge in [-0.3, -0.25) is 0 Å². The minimum Gasteiger partial charge on any atom is -0.396 e. The van der Waals surface area contributed by atoms with Crippen LogP contribution in [0.1, 0.15) is 81.1 Å². The lowest BCUT2D eigenvalue weighted by molar-refractivity contribution is 0.170. The van der Waals surface area contributed by atoms with Crippen molar-refractivity contribution in [2.24, 2.45) is 14.1 Å². The lowest BCUT2D eigenvalue weighted by atomic mass is 9.79. The van der Waals surface area contributed by atoms with E-state index in [4.69, 9.17) is 17.3 Å². The number of piperidine rings is 2. The molecule has 0 bridgehead atoms. The number of halogens is 5. The van der Waals surface area contributed by atoms with Crippen LogP contribution in [0.4, 0.5) is 46.5 Å². The Labute approximate surface area is 388 Å². The summed E-state index contributed by atoms with van der Waals surface area (Å²) >= 11 is 5.71. The molecule has 8 rings (SSSR count). The van der Waals surface area contributed by atoms with E-state index in [1.807, 2.05) is 0 Å². The van der Waals surface area contributed by atoms with Gasteiger partial charge in [-0.15, -0.1) is 0 Å². The second kappa shape index (κ2) is 19.4. The predicted molar refractivity (Wildman–Crippen MR) is 246 cm³/mol. The van der Waals surface area contributed by atoms with Crippen LogP contribution in [-0.2, 0) is 14.1 Å². The van der Waals surface area contributed by atoms with Crippen LogP contribution in [0, 0.1) is 23.3 Å². The second-order valence-corrected chi connectivity index (χ2v) is 19.4. The van der Waals surface area contributed by atoms with Crippen molar-refractivity contribution in [3.8, 4) is 11.4 Å². The molecule has 0 saturated carbocycles. The van der Waals surface area contributed by atoms with Gasteiger partial charge in [0.25, 0.3) is 0 Å². The van der Waals surface area contributed by atoms with Gasteiger partial charge in [-0.25, -0.2) is 37.1 Å². The summed E-state index contributed by atoms with van der Waals surface area (Å²) in [5.41, 5.74) is 4.85. The van der Waals surface area contributed by atoms with Crippen LogP contribution < -0.4 is 43.7 Å². The molecule has 2 aromatic carbocycles. The molecule has 6 heterocycles. The zero-order valence-electron chi connectivity index (χ0n) is 38.8. The van der Waals surface area contributed by atoms with Gasteiger partial charge in [0.05, 0.1) is 35.1 Å². The molecule has 4 aromatic heterocycles. The number of nitrogens with two attached hydrogens (primary N) is 1. The number of rotatable bonds is 8. The topological polar surface area (TPSA) is 243 Å². The van der Waals surface area contributed by atoms with Gasteiger partial charge in [0.15, 0.2) is 23.3 Å². The number of hydrogen-bond acceptors (Lipinski definition) is 16. The van der Waals surface area contributed by atoms with Gasteiger partial charge in [-0.1, -0.05) is 0 Å². The van der Waals surface area contributed by atoms with Crippen molar-refractivity contribution in [2.75, 3.05) is 21.7 Å². The molecule has 25 heteroatoms. The summed E-state index contributed by atoms with van der Waals surface area (Å²) in [7, 11) is 2.93. The Kier molecular flexibility index (Phi) is 14.4. The van der Waals surface area contributed by atoms with E-state index >= 15 is 0 Å². The Bertz CT molecular complexity index is 2810. The molecule has 0 radical (unpaired) electrons. The molecular weight excluding hydrogens is 900 g/mol. The Morgan fingerprint density at radius 1 is 0.627 bits per heavy atom. The molecule has 0 atom stereocenters. The molecule has 0 aliphatic carbocycles. The largest absolute Gasteiger partial charge is 0.396 e. The standard InChI is InChI=1S/C21H27F2N9O.C13H20ClFN4.C8H8FN5O/c1-20(2)9-12(10-21(3,4)28-20)25-17-15(23)11-24-18(27-17)26-16-8-13(6-7-14(16)22)32-19(33)31(5)29-30-32;1-12(2)5-8(6-13(3,4)19-12)17-10-9(15)7-16-11(14)18-10;1-13-8(15)14(12-11-13)5-2-3-6(9)7(10)4-5/h6-8,11-12,28H,9-10H2,1-5H3,(H2,24,25,26,27);7-8,19H,5-6H2,1-4H3,(H,16,17,18);2-4H,10H2,1H3. The first-order chi connectivity index (χ1) is 31.2. The molecule has 2 fully saturated rings. The predicted octanol–water partition coefficient (Wildman–Crippen LogP) is 5.18. The molecule has 67 heavy (non-hydrogen) atoms. The lowest BCUT2D eigenvalue weighted by Crippen LogP contribution is -2.60. The SMILES string of the molecule is CC1(C)CC(Nc2nc(Cl)ncc2F)CC(C)(C)N1.Cn1nnn(-c2ccc(F)c(N)c2)c1=O.Cn1nnn(-c2ccc(F)c(Nc3ncc(F)c(NC4CC(C)(C)NC(C)(C)C4)n3)c2)c1=O.